The summed E-state index contributed by atoms with van der Waals surface area (Å²) in [5.74, 6) is -5.26. The molecule has 5 atom stereocenters. The third-order valence-electron chi connectivity index (χ3n) is 5.03. The quantitative estimate of drug-likeness (QED) is 0.437. The molecule has 2 saturated heterocycles. The maximum Gasteiger partial charge on any atom is 0.429 e. The molecule has 5 unspecified atom stereocenters. The second kappa shape index (κ2) is 7.77. The first-order valence-corrected chi connectivity index (χ1v) is 8.51. The summed E-state index contributed by atoms with van der Waals surface area (Å²) in [7, 11) is 0. The fourth-order valence-corrected chi connectivity index (χ4v) is 3.50. The van der Waals surface area contributed by atoms with E-state index in [1.165, 1.54) is 0 Å². The van der Waals surface area contributed by atoms with E-state index in [0.717, 1.165) is 0 Å². The van der Waals surface area contributed by atoms with Gasteiger partial charge in [0.15, 0.2) is 6.30 Å². The zero-order chi connectivity index (χ0) is 21.5. The highest BCUT2D eigenvalue weighted by molar-refractivity contribution is 5.04. The minimum absolute atomic E-state index is 0.212. The van der Waals surface area contributed by atoms with Crippen molar-refractivity contribution in [3.05, 3.63) is 0 Å². The van der Waals surface area contributed by atoms with E-state index in [1.807, 2.05) is 0 Å². The molecule has 0 aromatic heterocycles. The van der Waals surface area contributed by atoms with Crippen molar-refractivity contribution in [1.29, 1.82) is 0 Å². The minimum Gasteiger partial charge on any atom is -0.365 e. The topological polar surface area (TPSA) is 12.5 Å². The molecular formula is C15H18F11NO. The van der Waals surface area contributed by atoms with Gasteiger partial charge in [0.25, 0.3) is 11.8 Å². The molecular weight excluding hydrogens is 419 g/mol. The van der Waals surface area contributed by atoms with Gasteiger partial charge in [-0.1, -0.05) is 0 Å². The summed E-state index contributed by atoms with van der Waals surface area (Å²) in [4.78, 5) is 0.534. The molecule has 2 aliphatic rings. The van der Waals surface area contributed by atoms with Crippen LogP contribution in [0.3, 0.4) is 0 Å². The molecule has 0 saturated carbocycles. The molecule has 0 amide bonds. The molecule has 166 valence electrons. The van der Waals surface area contributed by atoms with E-state index < -0.39 is 67.9 Å². The molecule has 0 radical (unpaired) electrons. The first-order chi connectivity index (χ1) is 12.6. The van der Waals surface area contributed by atoms with E-state index >= 15 is 0 Å². The zero-order valence-corrected chi connectivity index (χ0v) is 14.3. The maximum atomic E-state index is 15.0. The summed E-state index contributed by atoms with van der Waals surface area (Å²) >= 11 is 0. The molecule has 0 N–H and O–H groups in total. The van der Waals surface area contributed by atoms with Crippen molar-refractivity contribution in [1.82, 2.24) is 4.90 Å². The van der Waals surface area contributed by atoms with E-state index in [2.05, 4.69) is 4.74 Å². The van der Waals surface area contributed by atoms with Gasteiger partial charge in [-0.2, -0.15) is 26.3 Å². The highest BCUT2D eigenvalue weighted by Gasteiger charge is 2.70. The Morgan fingerprint density at radius 3 is 1.71 bits per heavy atom. The highest BCUT2D eigenvalue weighted by Crippen LogP contribution is 2.49. The third-order valence-corrected chi connectivity index (χ3v) is 5.03. The Morgan fingerprint density at radius 2 is 1.25 bits per heavy atom. The molecule has 2 fully saturated rings. The predicted molar refractivity (Wildman–Crippen MR) is 74.0 cm³/mol. The summed E-state index contributed by atoms with van der Waals surface area (Å²) in [5.41, 5.74) is -4.75. The monoisotopic (exact) mass is 437 g/mol. The molecule has 2 nitrogen and oxygen atoms in total. The van der Waals surface area contributed by atoms with Gasteiger partial charge in [-0.15, -0.1) is 0 Å². The van der Waals surface area contributed by atoms with Crippen LogP contribution in [0.4, 0.5) is 48.3 Å². The Bertz CT molecular complexity index is 531. The lowest BCUT2D eigenvalue weighted by Gasteiger charge is -2.44. The van der Waals surface area contributed by atoms with E-state index in [9.17, 15) is 48.3 Å². The normalized spacial score (nSPS) is 30.1. The van der Waals surface area contributed by atoms with Crippen molar-refractivity contribution in [2.24, 2.45) is 0 Å². The number of likely N-dealkylation sites (tertiary alicyclic amines) is 1. The standard InChI is InChI=1S/C15H18F11NO/c16-10(14(21,22)23)13(19,20)9-5-3-4-8(28-9)12(18,15(24,25)26)11(17)27-6-1-2-7-27/h8-11H,1-7H2. The number of ether oxygens (including phenoxy) is 1. The molecule has 2 aliphatic heterocycles. The second-order valence-corrected chi connectivity index (χ2v) is 6.97. The molecule has 0 spiro atoms. The van der Waals surface area contributed by atoms with E-state index in [4.69, 9.17) is 0 Å². The average Bonchev–Trinajstić information content (AvgIpc) is 3.12. The largest absolute Gasteiger partial charge is 0.429 e. The Balaban J connectivity index is 2.30. The smallest absolute Gasteiger partial charge is 0.365 e. The number of rotatable bonds is 5. The maximum absolute atomic E-state index is 15.0. The fraction of sp³-hybridized carbons (Fsp3) is 1.00. The molecule has 2 rings (SSSR count). The van der Waals surface area contributed by atoms with Crippen LogP contribution in [-0.4, -0.2) is 66.6 Å². The molecule has 0 bridgehead atoms. The number of halogens is 11. The van der Waals surface area contributed by atoms with Crippen LogP contribution >= 0.6 is 0 Å². The summed E-state index contributed by atoms with van der Waals surface area (Å²) < 4.78 is 152. The summed E-state index contributed by atoms with van der Waals surface area (Å²) in [6.45, 7) is -0.425. The van der Waals surface area contributed by atoms with Crippen LogP contribution in [0.1, 0.15) is 32.1 Å². The average molecular weight is 437 g/mol. The van der Waals surface area contributed by atoms with Gasteiger partial charge in [0.1, 0.15) is 12.2 Å². The lowest BCUT2D eigenvalue weighted by molar-refractivity contribution is -0.334. The number of hydrogen-bond acceptors (Lipinski definition) is 2. The van der Waals surface area contributed by atoms with Crippen LogP contribution in [0.15, 0.2) is 0 Å². The van der Waals surface area contributed by atoms with E-state index in [-0.39, 0.29) is 25.9 Å². The zero-order valence-electron chi connectivity index (χ0n) is 14.3. The van der Waals surface area contributed by atoms with Gasteiger partial charge in [0.2, 0.25) is 0 Å². The number of nitrogens with zero attached hydrogens (tertiary/aromatic N) is 1. The van der Waals surface area contributed by atoms with Gasteiger partial charge in [-0.3, -0.25) is 4.90 Å². The Labute approximate surface area is 153 Å². The first-order valence-electron chi connectivity index (χ1n) is 8.51. The van der Waals surface area contributed by atoms with Crippen LogP contribution < -0.4 is 0 Å². The first kappa shape index (κ1) is 23.4. The summed E-state index contributed by atoms with van der Waals surface area (Å²) in [6.07, 6.45) is -27.6. The van der Waals surface area contributed by atoms with Crippen LogP contribution in [0.2, 0.25) is 0 Å². The molecule has 13 heteroatoms. The van der Waals surface area contributed by atoms with Gasteiger partial charge in [-0.25, -0.2) is 22.0 Å². The van der Waals surface area contributed by atoms with Crippen molar-refractivity contribution in [2.75, 3.05) is 13.1 Å². The van der Waals surface area contributed by atoms with Crippen molar-refractivity contribution in [3.63, 3.8) is 0 Å². The molecule has 2 heterocycles. The molecule has 0 aromatic rings. The van der Waals surface area contributed by atoms with Crippen LogP contribution in [-0.2, 0) is 4.74 Å². The highest BCUT2D eigenvalue weighted by atomic mass is 19.4. The molecule has 0 aromatic carbocycles. The number of hydrogen-bond donors (Lipinski definition) is 0. The SMILES string of the molecule is FC(C(F)(F)F)C(F)(F)C1CCCC(C(F)(C(F)N2CCCC2)C(F)(F)F)O1. The molecule has 28 heavy (non-hydrogen) atoms. The predicted octanol–water partition coefficient (Wildman–Crippen LogP) is 5.12. The Kier molecular flexibility index (Phi) is 6.50. The lowest BCUT2D eigenvalue weighted by Crippen LogP contribution is -2.65. The van der Waals surface area contributed by atoms with Gasteiger partial charge in [0.05, 0.1) is 0 Å². The van der Waals surface area contributed by atoms with Gasteiger partial charge in [-0.05, 0) is 32.1 Å². The van der Waals surface area contributed by atoms with Gasteiger partial charge >= 0.3 is 18.3 Å². The molecule has 0 aliphatic carbocycles. The fourth-order valence-electron chi connectivity index (χ4n) is 3.50. The van der Waals surface area contributed by atoms with Crippen LogP contribution in [0, 0.1) is 0 Å². The van der Waals surface area contributed by atoms with Crippen molar-refractivity contribution >= 4 is 0 Å². The Hall–Kier alpha value is -0.850. The summed E-state index contributed by atoms with van der Waals surface area (Å²) in [5, 5.41) is 0. The van der Waals surface area contributed by atoms with Crippen molar-refractivity contribution in [3.8, 4) is 0 Å². The second-order valence-electron chi connectivity index (χ2n) is 6.97. The van der Waals surface area contributed by atoms with Crippen molar-refractivity contribution in [2.45, 2.75) is 80.7 Å². The van der Waals surface area contributed by atoms with Gasteiger partial charge in [0, 0.05) is 13.1 Å². The van der Waals surface area contributed by atoms with Gasteiger partial charge < -0.3 is 4.74 Å². The van der Waals surface area contributed by atoms with Crippen LogP contribution in [0.5, 0.6) is 0 Å². The van der Waals surface area contributed by atoms with E-state index in [0.29, 0.717) is 4.90 Å². The third kappa shape index (κ3) is 4.19. The van der Waals surface area contributed by atoms with E-state index in [1.54, 1.807) is 0 Å². The van der Waals surface area contributed by atoms with Crippen molar-refractivity contribution < 1.29 is 53.0 Å². The summed E-state index contributed by atoms with van der Waals surface area (Å²) in [6, 6.07) is 0. The number of alkyl halides is 11. The minimum atomic E-state index is -6.01. The van der Waals surface area contributed by atoms with Crippen LogP contribution in [0.25, 0.3) is 0 Å². The lowest BCUT2D eigenvalue weighted by atomic mass is 9.87. The Morgan fingerprint density at radius 1 is 0.750 bits per heavy atom.